The lowest BCUT2D eigenvalue weighted by molar-refractivity contribution is 0.625. The Hall–Kier alpha value is -0.740. The van der Waals surface area contributed by atoms with Gasteiger partial charge in [-0.3, -0.25) is 0 Å². The summed E-state index contributed by atoms with van der Waals surface area (Å²) in [6.07, 6.45) is 2.07. The summed E-state index contributed by atoms with van der Waals surface area (Å²) in [6, 6.07) is 4.77. The third-order valence-electron chi connectivity index (χ3n) is 2.30. The molecule has 84 valence electrons. The van der Waals surface area contributed by atoms with Gasteiger partial charge < -0.3 is 10.6 Å². The molecule has 0 aromatic heterocycles. The summed E-state index contributed by atoms with van der Waals surface area (Å²) < 4.78 is 13.0. The van der Waals surface area contributed by atoms with E-state index in [9.17, 15) is 4.39 Å². The molecular formula is C11H17FN2S. The molecule has 1 rings (SSSR count). The Kier molecular flexibility index (Phi) is 4.91. The van der Waals surface area contributed by atoms with E-state index >= 15 is 0 Å². The Morgan fingerprint density at radius 3 is 2.80 bits per heavy atom. The Morgan fingerprint density at radius 2 is 2.20 bits per heavy atom. The van der Waals surface area contributed by atoms with Crippen molar-refractivity contribution < 1.29 is 4.39 Å². The lowest BCUT2D eigenvalue weighted by atomic mass is 10.1. The molecule has 0 aliphatic heterocycles. The van der Waals surface area contributed by atoms with Crippen LogP contribution in [0, 0.1) is 5.82 Å². The van der Waals surface area contributed by atoms with Crippen LogP contribution in [-0.2, 0) is 6.54 Å². The number of halogens is 1. The van der Waals surface area contributed by atoms with Crippen LogP contribution in [0.4, 0.5) is 10.1 Å². The van der Waals surface area contributed by atoms with Crippen LogP contribution < -0.4 is 10.6 Å². The smallest absolute Gasteiger partial charge is 0.123 e. The summed E-state index contributed by atoms with van der Waals surface area (Å²) in [6.45, 7) is 1.32. The fourth-order valence-corrected chi connectivity index (χ4v) is 1.90. The maximum atomic E-state index is 13.0. The fraction of sp³-hybridized carbons (Fsp3) is 0.455. The summed E-state index contributed by atoms with van der Waals surface area (Å²) in [5.74, 6) is 0.829. The number of anilines is 1. The van der Waals surface area contributed by atoms with Crippen LogP contribution in [-0.4, -0.2) is 25.6 Å². The first-order valence-corrected chi connectivity index (χ1v) is 6.27. The average Bonchev–Trinajstić information content (AvgIpc) is 2.25. The second-order valence-electron chi connectivity index (χ2n) is 3.39. The van der Waals surface area contributed by atoms with E-state index in [1.807, 2.05) is 7.05 Å². The minimum Gasteiger partial charge on any atom is -0.374 e. The van der Waals surface area contributed by atoms with Gasteiger partial charge in [0.05, 0.1) is 0 Å². The van der Waals surface area contributed by atoms with Gasteiger partial charge in [0.15, 0.2) is 0 Å². The molecule has 0 saturated carbocycles. The van der Waals surface area contributed by atoms with Crippen molar-refractivity contribution in [3.8, 4) is 0 Å². The van der Waals surface area contributed by atoms with E-state index in [0.717, 1.165) is 23.5 Å². The van der Waals surface area contributed by atoms with Crippen molar-refractivity contribution in [1.29, 1.82) is 0 Å². The topological polar surface area (TPSA) is 29.3 Å². The molecular weight excluding hydrogens is 211 g/mol. The Morgan fingerprint density at radius 1 is 1.47 bits per heavy atom. The molecule has 0 heterocycles. The van der Waals surface area contributed by atoms with Crippen LogP contribution in [0.25, 0.3) is 0 Å². The predicted octanol–water partition coefficient (Wildman–Crippen LogP) is 2.08. The first kappa shape index (κ1) is 12.3. The molecule has 0 amide bonds. The van der Waals surface area contributed by atoms with E-state index in [-0.39, 0.29) is 5.82 Å². The van der Waals surface area contributed by atoms with Crippen LogP contribution in [0.5, 0.6) is 0 Å². The second-order valence-corrected chi connectivity index (χ2v) is 4.38. The summed E-state index contributed by atoms with van der Waals surface area (Å²) >= 11 is 1.79. The Balaban J connectivity index is 2.82. The quantitative estimate of drug-likeness (QED) is 0.836. The minimum absolute atomic E-state index is 0.225. The normalized spacial score (nSPS) is 10.4. The van der Waals surface area contributed by atoms with Gasteiger partial charge in [-0.1, -0.05) is 0 Å². The molecule has 4 heteroatoms. The summed E-state index contributed by atoms with van der Waals surface area (Å²) in [7, 11) is 2.00. The van der Waals surface area contributed by atoms with Gasteiger partial charge in [0.2, 0.25) is 0 Å². The Bertz CT molecular complexity index is 317. The zero-order valence-corrected chi connectivity index (χ0v) is 9.98. The zero-order chi connectivity index (χ0) is 11.3. The molecule has 1 aromatic rings. The third-order valence-corrected chi connectivity index (χ3v) is 2.89. The molecule has 2 nitrogen and oxygen atoms in total. The molecule has 0 spiro atoms. The standard InChI is InChI=1S/C11H17FN2S/c1-14(5-6-15-2)11-4-3-10(12)7-9(11)8-13/h3-4,7H,5-6,8,13H2,1-2H3. The number of benzene rings is 1. The van der Waals surface area contributed by atoms with Crippen molar-refractivity contribution in [2.45, 2.75) is 6.54 Å². The number of nitrogens with two attached hydrogens (primary N) is 1. The van der Waals surface area contributed by atoms with E-state index < -0.39 is 0 Å². The van der Waals surface area contributed by atoms with Gasteiger partial charge in [0.1, 0.15) is 5.82 Å². The largest absolute Gasteiger partial charge is 0.374 e. The van der Waals surface area contributed by atoms with Gasteiger partial charge in [-0.15, -0.1) is 0 Å². The average molecular weight is 228 g/mol. The van der Waals surface area contributed by atoms with Crippen LogP contribution in [0.1, 0.15) is 5.56 Å². The molecule has 0 unspecified atom stereocenters. The number of thioether (sulfide) groups is 1. The van der Waals surface area contributed by atoms with E-state index in [0.29, 0.717) is 6.54 Å². The van der Waals surface area contributed by atoms with Crippen molar-refractivity contribution in [3.05, 3.63) is 29.6 Å². The minimum atomic E-state index is -0.225. The molecule has 2 N–H and O–H groups in total. The number of nitrogens with zero attached hydrogens (tertiary/aromatic N) is 1. The number of hydrogen-bond acceptors (Lipinski definition) is 3. The summed E-state index contributed by atoms with van der Waals surface area (Å²) in [4.78, 5) is 2.11. The highest BCUT2D eigenvalue weighted by Gasteiger charge is 2.06. The van der Waals surface area contributed by atoms with Gasteiger partial charge in [0, 0.05) is 31.6 Å². The van der Waals surface area contributed by atoms with E-state index in [4.69, 9.17) is 5.73 Å². The molecule has 0 aliphatic carbocycles. The van der Waals surface area contributed by atoms with E-state index in [1.54, 1.807) is 17.8 Å². The highest BCUT2D eigenvalue weighted by atomic mass is 32.2. The van der Waals surface area contributed by atoms with Crippen molar-refractivity contribution >= 4 is 17.4 Å². The van der Waals surface area contributed by atoms with Crippen LogP contribution >= 0.6 is 11.8 Å². The molecule has 1 aromatic carbocycles. The first-order chi connectivity index (χ1) is 7.19. The van der Waals surface area contributed by atoms with Gasteiger partial charge in [-0.2, -0.15) is 11.8 Å². The third kappa shape index (κ3) is 3.39. The maximum absolute atomic E-state index is 13.0. The number of hydrogen-bond donors (Lipinski definition) is 1. The molecule has 0 saturated heterocycles. The van der Waals surface area contributed by atoms with Crippen LogP contribution in [0.15, 0.2) is 18.2 Å². The van der Waals surface area contributed by atoms with Crippen LogP contribution in [0.2, 0.25) is 0 Å². The molecule has 0 fully saturated rings. The highest BCUT2D eigenvalue weighted by molar-refractivity contribution is 7.98. The fourth-order valence-electron chi connectivity index (χ4n) is 1.44. The van der Waals surface area contributed by atoms with Crippen molar-refractivity contribution in [2.24, 2.45) is 5.73 Å². The SMILES string of the molecule is CSCCN(C)c1ccc(F)cc1CN. The van der Waals surface area contributed by atoms with Crippen molar-refractivity contribution in [2.75, 3.05) is 30.5 Å². The van der Waals surface area contributed by atoms with E-state index in [1.165, 1.54) is 12.1 Å². The van der Waals surface area contributed by atoms with Crippen molar-refractivity contribution in [1.82, 2.24) is 0 Å². The Labute approximate surface area is 94.6 Å². The lowest BCUT2D eigenvalue weighted by Crippen LogP contribution is -2.22. The van der Waals surface area contributed by atoms with Gasteiger partial charge in [-0.25, -0.2) is 4.39 Å². The number of rotatable bonds is 5. The van der Waals surface area contributed by atoms with E-state index in [2.05, 4.69) is 11.2 Å². The molecule has 0 aliphatic rings. The first-order valence-electron chi connectivity index (χ1n) is 4.87. The second kappa shape index (κ2) is 5.98. The zero-order valence-electron chi connectivity index (χ0n) is 9.16. The highest BCUT2D eigenvalue weighted by Crippen LogP contribution is 2.20. The summed E-state index contributed by atoms with van der Waals surface area (Å²) in [5, 5.41) is 0. The lowest BCUT2D eigenvalue weighted by Gasteiger charge is -2.21. The summed E-state index contributed by atoms with van der Waals surface area (Å²) in [5.41, 5.74) is 7.47. The van der Waals surface area contributed by atoms with Crippen molar-refractivity contribution in [3.63, 3.8) is 0 Å². The molecule has 0 bridgehead atoms. The predicted molar refractivity (Wildman–Crippen MR) is 65.9 cm³/mol. The molecule has 0 atom stereocenters. The van der Waals surface area contributed by atoms with Gasteiger partial charge in [0.25, 0.3) is 0 Å². The molecule has 15 heavy (non-hydrogen) atoms. The van der Waals surface area contributed by atoms with Gasteiger partial charge in [-0.05, 0) is 30.0 Å². The monoisotopic (exact) mass is 228 g/mol. The molecule has 0 radical (unpaired) electrons. The maximum Gasteiger partial charge on any atom is 0.123 e. The van der Waals surface area contributed by atoms with Crippen LogP contribution in [0.3, 0.4) is 0 Å². The van der Waals surface area contributed by atoms with Gasteiger partial charge >= 0.3 is 0 Å².